The molecule has 18 heavy (non-hydrogen) atoms. The number of nitrogens with zero attached hydrogens (tertiary/aromatic N) is 1. The Bertz CT molecular complexity index is 471. The lowest BCUT2D eigenvalue weighted by atomic mass is 9.99. The van der Waals surface area contributed by atoms with Gasteiger partial charge in [0.2, 0.25) is 0 Å². The monoisotopic (exact) mass is 265 g/mol. The maximum absolute atomic E-state index is 12.6. The molecule has 0 N–H and O–H groups in total. The first-order valence-corrected chi connectivity index (χ1v) is 4.51. The van der Waals surface area contributed by atoms with Crippen LogP contribution in [0.4, 0.5) is 26.3 Å². The fourth-order valence-electron chi connectivity index (χ4n) is 1.36. The van der Waals surface area contributed by atoms with Crippen LogP contribution in [0.1, 0.15) is 16.7 Å². The van der Waals surface area contributed by atoms with Crippen molar-refractivity contribution in [3.05, 3.63) is 41.0 Å². The van der Waals surface area contributed by atoms with Crippen molar-refractivity contribution in [2.75, 3.05) is 0 Å². The Labute approximate surface area is 98.0 Å². The number of rotatable bonds is 1. The van der Waals surface area contributed by atoms with Crippen molar-refractivity contribution in [1.29, 1.82) is 5.26 Å². The summed E-state index contributed by atoms with van der Waals surface area (Å²) in [6.45, 7) is 0. The van der Waals surface area contributed by atoms with E-state index in [1.807, 2.05) is 0 Å². The van der Waals surface area contributed by atoms with Gasteiger partial charge in [0.25, 0.3) is 0 Å². The van der Waals surface area contributed by atoms with E-state index in [4.69, 9.17) is 5.26 Å². The standard InChI is InChI=1S/C11H5F6N/c12-10(13,14)8-4-1-5-9(11(15,16)17)7(8)3-2-6-18/h1-5H. The fourth-order valence-corrected chi connectivity index (χ4v) is 1.36. The van der Waals surface area contributed by atoms with Gasteiger partial charge in [-0.15, -0.1) is 0 Å². The summed E-state index contributed by atoms with van der Waals surface area (Å²) in [6, 6.07) is 3.10. The van der Waals surface area contributed by atoms with E-state index in [9.17, 15) is 26.3 Å². The molecule has 0 radical (unpaired) electrons. The zero-order valence-corrected chi connectivity index (χ0v) is 8.60. The second kappa shape index (κ2) is 4.72. The van der Waals surface area contributed by atoms with E-state index in [-0.39, 0.29) is 0 Å². The molecule has 0 aromatic heterocycles. The summed E-state index contributed by atoms with van der Waals surface area (Å²) in [5, 5.41) is 8.22. The molecule has 0 heterocycles. The molecule has 0 spiro atoms. The average Bonchev–Trinajstić information content (AvgIpc) is 2.23. The van der Waals surface area contributed by atoms with E-state index < -0.39 is 29.0 Å². The van der Waals surface area contributed by atoms with Crippen molar-refractivity contribution in [2.24, 2.45) is 0 Å². The molecule has 1 rings (SSSR count). The molecule has 0 atom stereocenters. The first kappa shape index (κ1) is 14.1. The highest BCUT2D eigenvalue weighted by atomic mass is 19.4. The Kier molecular flexibility index (Phi) is 3.70. The van der Waals surface area contributed by atoms with Crippen molar-refractivity contribution in [2.45, 2.75) is 12.4 Å². The molecule has 0 unspecified atom stereocenters. The van der Waals surface area contributed by atoms with Gasteiger partial charge in [0, 0.05) is 6.08 Å². The number of nitriles is 1. The van der Waals surface area contributed by atoms with Crippen LogP contribution in [0.25, 0.3) is 6.08 Å². The molecular formula is C11H5F6N. The lowest BCUT2D eigenvalue weighted by molar-refractivity contribution is -0.143. The van der Waals surface area contributed by atoms with Crippen LogP contribution < -0.4 is 0 Å². The van der Waals surface area contributed by atoms with Crippen LogP contribution in [0.15, 0.2) is 24.3 Å². The highest BCUT2D eigenvalue weighted by molar-refractivity contribution is 5.61. The Balaban J connectivity index is 3.57. The second-order valence-electron chi connectivity index (χ2n) is 3.22. The Morgan fingerprint density at radius 3 is 1.72 bits per heavy atom. The van der Waals surface area contributed by atoms with E-state index in [1.54, 1.807) is 0 Å². The maximum Gasteiger partial charge on any atom is 0.417 e. The first-order valence-electron chi connectivity index (χ1n) is 4.51. The molecule has 0 aliphatic rings. The van der Waals surface area contributed by atoms with Gasteiger partial charge in [-0.25, -0.2) is 0 Å². The smallest absolute Gasteiger partial charge is 0.193 e. The zero-order chi connectivity index (χ0) is 14.0. The maximum atomic E-state index is 12.6. The molecule has 96 valence electrons. The Morgan fingerprint density at radius 1 is 0.944 bits per heavy atom. The quantitative estimate of drug-likeness (QED) is 0.549. The minimum Gasteiger partial charge on any atom is -0.193 e. The fraction of sp³-hybridized carbons (Fsp3) is 0.182. The summed E-state index contributed by atoms with van der Waals surface area (Å²) in [7, 11) is 0. The van der Waals surface area contributed by atoms with Gasteiger partial charge in [0.05, 0.1) is 17.2 Å². The summed E-state index contributed by atoms with van der Waals surface area (Å²) < 4.78 is 75.4. The third-order valence-electron chi connectivity index (χ3n) is 2.04. The van der Waals surface area contributed by atoms with Gasteiger partial charge in [-0.2, -0.15) is 31.6 Å². The lowest BCUT2D eigenvalue weighted by Crippen LogP contribution is -2.14. The molecule has 1 nitrogen and oxygen atoms in total. The molecule has 0 saturated heterocycles. The molecule has 0 saturated carbocycles. The van der Waals surface area contributed by atoms with Gasteiger partial charge in [-0.3, -0.25) is 0 Å². The van der Waals surface area contributed by atoms with Crippen LogP contribution in [0.3, 0.4) is 0 Å². The van der Waals surface area contributed by atoms with Gasteiger partial charge < -0.3 is 0 Å². The summed E-state index contributed by atoms with van der Waals surface area (Å²) in [6.07, 6.45) is -8.77. The number of benzene rings is 1. The van der Waals surface area contributed by atoms with Crippen molar-refractivity contribution < 1.29 is 26.3 Å². The molecule has 0 fully saturated rings. The van der Waals surface area contributed by atoms with Gasteiger partial charge in [-0.05, 0) is 23.8 Å². The largest absolute Gasteiger partial charge is 0.417 e. The number of hydrogen-bond acceptors (Lipinski definition) is 1. The summed E-state index contributed by atoms with van der Waals surface area (Å²) in [5.74, 6) is 0. The van der Waals surface area contributed by atoms with E-state index >= 15 is 0 Å². The summed E-state index contributed by atoms with van der Waals surface area (Å²) in [5.41, 5.74) is -3.91. The summed E-state index contributed by atoms with van der Waals surface area (Å²) >= 11 is 0. The third kappa shape index (κ3) is 3.03. The lowest BCUT2D eigenvalue weighted by Gasteiger charge is -2.16. The number of hydrogen-bond donors (Lipinski definition) is 0. The van der Waals surface area contributed by atoms with E-state index in [0.29, 0.717) is 30.4 Å². The predicted molar refractivity (Wildman–Crippen MR) is 51.1 cm³/mol. The van der Waals surface area contributed by atoms with Crippen LogP contribution in [0.5, 0.6) is 0 Å². The van der Waals surface area contributed by atoms with E-state index in [2.05, 4.69) is 0 Å². The second-order valence-corrected chi connectivity index (χ2v) is 3.22. The highest BCUT2D eigenvalue weighted by Gasteiger charge is 2.39. The number of halogens is 6. The third-order valence-corrected chi connectivity index (χ3v) is 2.04. The van der Waals surface area contributed by atoms with Crippen LogP contribution in [-0.4, -0.2) is 0 Å². The average molecular weight is 265 g/mol. The van der Waals surface area contributed by atoms with Crippen molar-refractivity contribution >= 4 is 6.08 Å². The Morgan fingerprint density at radius 2 is 1.39 bits per heavy atom. The van der Waals surface area contributed by atoms with Gasteiger partial charge in [0.1, 0.15) is 0 Å². The molecule has 0 aliphatic heterocycles. The normalized spacial score (nSPS) is 12.7. The molecule has 1 aromatic rings. The minimum atomic E-state index is -4.92. The molecule has 1 aromatic carbocycles. The summed E-state index contributed by atoms with van der Waals surface area (Å²) in [4.78, 5) is 0. The van der Waals surface area contributed by atoms with Crippen LogP contribution >= 0.6 is 0 Å². The predicted octanol–water partition coefficient (Wildman–Crippen LogP) is 4.26. The van der Waals surface area contributed by atoms with Gasteiger partial charge in [0.15, 0.2) is 0 Å². The molecular weight excluding hydrogens is 260 g/mol. The van der Waals surface area contributed by atoms with Crippen molar-refractivity contribution in [3.63, 3.8) is 0 Å². The SMILES string of the molecule is N#CC=Cc1c(C(F)(F)F)cccc1C(F)(F)F. The van der Waals surface area contributed by atoms with Crippen LogP contribution in [-0.2, 0) is 12.4 Å². The van der Waals surface area contributed by atoms with Crippen molar-refractivity contribution in [1.82, 2.24) is 0 Å². The minimum absolute atomic E-state index is 0.506. The van der Waals surface area contributed by atoms with Gasteiger partial charge in [-0.1, -0.05) is 6.07 Å². The first-order chi connectivity index (χ1) is 8.18. The highest BCUT2D eigenvalue weighted by Crippen LogP contribution is 2.39. The topological polar surface area (TPSA) is 23.8 Å². The van der Waals surface area contributed by atoms with Crippen molar-refractivity contribution in [3.8, 4) is 6.07 Å². The molecule has 0 amide bonds. The zero-order valence-electron chi connectivity index (χ0n) is 8.60. The molecule has 0 bridgehead atoms. The Hall–Kier alpha value is -1.97. The van der Waals surface area contributed by atoms with Crippen LogP contribution in [0.2, 0.25) is 0 Å². The van der Waals surface area contributed by atoms with E-state index in [0.717, 1.165) is 0 Å². The van der Waals surface area contributed by atoms with Crippen LogP contribution in [0, 0.1) is 11.3 Å². The van der Waals surface area contributed by atoms with E-state index in [1.165, 1.54) is 6.07 Å². The van der Waals surface area contributed by atoms with Gasteiger partial charge >= 0.3 is 12.4 Å². The molecule has 0 aliphatic carbocycles. The number of allylic oxidation sites excluding steroid dienone is 1. The number of alkyl halides is 6. The molecule has 7 heteroatoms.